The molecule has 0 fully saturated rings. The number of anilines is 1. The number of benzene rings is 2. The number of nitrogens with one attached hydrogen (secondary N) is 1. The molecule has 0 aliphatic rings. The highest BCUT2D eigenvalue weighted by Gasteiger charge is 2.13. The van der Waals surface area contributed by atoms with Crippen LogP contribution < -0.4 is 5.32 Å². The maximum Gasteiger partial charge on any atom is 0.337 e. The van der Waals surface area contributed by atoms with E-state index in [0.717, 1.165) is 28.5 Å². The number of methoxy groups -OCH3 is 1. The first-order valence-corrected chi connectivity index (χ1v) is 9.47. The van der Waals surface area contributed by atoms with E-state index < -0.39 is 5.97 Å². The first-order chi connectivity index (χ1) is 13.5. The number of rotatable bonds is 6. The SMILES string of the molecule is COC(=O)c1ccc(C)c(NC(=O)CSc2nnc(-c3cccc(C)c3)o2)c1. The second kappa shape index (κ2) is 8.71. The zero-order valence-electron chi connectivity index (χ0n) is 15.7. The maximum atomic E-state index is 12.3. The minimum atomic E-state index is -0.459. The predicted molar refractivity (Wildman–Crippen MR) is 106 cm³/mol. The Morgan fingerprint density at radius 1 is 1.14 bits per heavy atom. The summed E-state index contributed by atoms with van der Waals surface area (Å²) in [5, 5.41) is 11.1. The van der Waals surface area contributed by atoms with Crippen molar-refractivity contribution in [2.45, 2.75) is 19.1 Å². The minimum Gasteiger partial charge on any atom is -0.465 e. The van der Waals surface area contributed by atoms with Crippen molar-refractivity contribution in [1.82, 2.24) is 10.2 Å². The summed E-state index contributed by atoms with van der Waals surface area (Å²) in [4.78, 5) is 23.9. The van der Waals surface area contributed by atoms with Gasteiger partial charge in [-0.3, -0.25) is 4.79 Å². The van der Waals surface area contributed by atoms with E-state index >= 15 is 0 Å². The number of hydrogen-bond donors (Lipinski definition) is 1. The second-order valence-electron chi connectivity index (χ2n) is 6.10. The Bertz CT molecular complexity index is 1020. The summed E-state index contributed by atoms with van der Waals surface area (Å²) in [6.45, 7) is 3.83. The van der Waals surface area contributed by atoms with Gasteiger partial charge in [0.2, 0.25) is 11.8 Å². The lowest BCUT2D eigenvalue weighted by atomic mass is 10.1. The van der Waals surface area contributed by atoms with Gasteiger partial charge in [0.1, 0.15) is 0 Å². The van der Waals surface area contributed by atoms with E-state index in [4.69, 9.17) is 9.15 Å². The summed E-state index contributed by atoms with van der Waals surface area (Å²) < 4.78 is 10.3. The van der Waals surface area contributed by atoms with Crippen molar-refractivity contribution in [3.05, 3.63) is 59.2 Å². The first kappa shape index (κ1) is 19.6. The number of carbonyl (C=O) groups excluding carboxylic acids is 2. The zero-order valence-corrected chi connectivity index (χ0v) is 16.5. The highest BCUT2D eigenvalue weighted by Crippen LogP contribution is 2.24. The third kappa shape index (κ3) is 4.77. The number of nitrogens with zero attached hydrogens (tertiary/aromatic N) is 2. The number of thioether (sulfide) groups is 1. The standard InChI is InChI=1S/C20H19N3O4S/c1-12-5-4-6-14(9-12)18-22-23-20(27-18)28-11-17(24)21-16-10-15(19(25)26-3)8-7-13(16)2/h4-10H,11H2,1-3H3,(H,21,24). The Hall–Kier alpha value is -3.13. The number of hydrogen-bond acceptors (Lipinski definition) is 7. The summed E-state index contributed by atoms with van der Waals surface area (Å²) in [6.07, 6.45) is 0. The number of aromatic nitrogens is 2. The normalized spacial score (nSPS) is 10.5. The van der Waals surface area contributed by atoms with Gasteiger partial charge < -0.3 is 14.5 Å². The molecule has 1 amide bonds. The molecule has 2 aromatic carbocycles. The van der Waals surface area contributed by atoms with E-state index in [0.29, 0.717) is 22.4 Å². The second-order valence-corrected chi connectivity index (χ2v) is 7.03. The van der Waals surface area contributed by atoms with Crippen molar-refractivity contribution in [3.8, 4) is 11.5 Å². The van der Waals surface area contributed by atoms with Gasteiger partial charge in [-0.1, -0.05) is 35.5 Å². The van der Waals surface area contributed by atoms with Crippen molar-refractivity contribution in [2.24, 2.45) is 0 Å². The molecule has 144 valence electrons. The molecule has 0 radical (unpaired) electrons. The van der Waals surface area contributed by atoms with E-state index in [9.17, 15) is 9.59 Å². The van der Waals surface area contributed by atoms with E-state index in [1.54, 1.807) is 18.2 Å². The minimum absolute atomic E-state index is 0.0946. The van der Waals surface area contributed by atoms with Crippen LogP contribution in [-0.2, 0) is 9.53 Å². The van der Waals surface area contributed by atoms with Gasteiger partial charge in [0.25, 0.3) is 5.22 Å². The molecule has 7 nitrogen and oxygen atoms in total. The molecule has 0 bridgehead atoms. The molecule has 1 heterocycles. The van der Waals surface area contributed by atoms with Gasteiger partial charge in [0, 0.05) is 11.3 Å². The monoisotopic (exact) mass is 397 g/mol. The molecular weight excluding hydrogens is 378 g/mol. The molecular formula is C20H19N3O4S. The van der Waals surface area contributed by atoms with Crippen LogP contribution >= 0.6 is 11.8 Å². The van der Waals surface area contributed by atoms with Crippen LogP contribution in [0.15, 0.2) is 52.1 Å². The number of amides is 1. The van der Waals surface area contributed by atoms with Crippen LogP contribution in [0.3, 0.4) is 0 Å². The fourth-order valence-corrected chi connectivity index (χ4v) is 3.04. The van der Waals surface area contributed by atoms with Crippen LogP contribution in [0.4, 0.5) is 5.69 Å². The van der Waals surface area contributed by atoms with Gasteiger partial charge in [-0.05, 0) is 43.7 Å². The van der Waals surface area contributed by atoms with Gasteiger partial charge in [-0.15, -0.1) is 10.2 Å². The molecule has 1 N–H and O–H groups in total. The Balaban J connectivity index is 1.62. The molecule has 0 saturated carbocycles. The van der Waals surface area contributed by atoms with Crippen molar-refractivity contribution < 1.29 is 18.7 Å². The van der Waals surface area contributed by atoms with Crippen molar-refractivity contribution >= 4 is 29.3 Å². The van der Waals surface area contributed by atoms with Crippen LogP contribution in [0.1, 0.15) is 21.5 Å². The van der Waals surface area contributed by atoms with Crippen LogP contribution in [0.25, 0.3) is 11.5 Å². The lowest BCUT2D eigenvalue weighted by Gasteiger charge is -2.09. The third-order valence-electron chi connectivity index (χ3n) is 3.93. The summed E-state index contributed by atoms with van der Waals surface area (Å²) in [6, 6.07) is 12.7. The first-order valence-electron chi connectivity index (χ1n) is 8.48. The molecule has 0 spiro atoms. The smallest absolute Gasteiger partial charge is 0.337 e. The van der Waals surface area contributed by atoms with Crippen LogP contribution in [0, 0.1) is 13.8 Å². The number of esters is 1. The number of carbonyl (C=O) groups is 2. The summed E-state index contributed by atoms with van der Waals surface area (Å²) in [7, 11) is 1.31. The summed E-state index contributed by atoms with van der Waals surface area (Å²) in [5.74, 6) is -0.199. The Morgan fingerprint density at radius 3 is 2.71 bits per heavy atom. The fourth-order valence-electron chi connectivity index (χ4n) is 2.48. The van der Waals surface area contributed by atoms with Gasteiger partial charge in [0.05, 0.1) is 18.4 Å². The average Bonchev–Trinajstić information content (AvgIpc) is 3.16. The van der Waals surface area contributed by atoms with Gasteiger partial charge >= 0.3 is 5.97 Å². The molecule has 3 aromatic rings. The summed E-state index contributed by atoms with van der Waals surface area (Å²) in [5.41, 5.74) is 3.69. The lowest BCUT2D eigenvalue weighted by molar-refractivity contribution is -0.113. The quantitative estimate of drug-likeness (QED) is 0.498. The summed E-state index contributed by atoms with van der Waals surface area (Å²) >= 11 is 1.14. The van der Waals surface area contributed by atoms with Crippen molar-refractivity contribution in [1.29, 1.82) is 0 Å². The van der Waals surface area contributed by atoms with Crippen molar-refractivity contribution in [3.63, 3.8) is 0 Å². The van der Waals surface area contributed by atoms with Crippen LogP contribution in [0.5, 0.6) is 0 Å². The Labute approximate surface area is 166 Å². The highest BCUT2D eigenvalue weighted by atomic mass is 32.2. The van der Waals surface area contributed by atoms with Gasteiger partial charge in [-0.2, -0.15) is 0 Å². The molecule has 0 aliphatic carbocycles. The number of aryl methyl sites for hydroxylation is 2. The van der Waals surface area contributed by atoms with E-state index in [1.807, 2.05) is 38.1 Å². The number of ether oxygens (including phenoxy) is 1. The van der Waals surface area contributed by atoms with Gasteiger partial charge in [0.15, 0.2) is 0 Å². The predicted octanol–water partition coefficient (Wildman–Crippen LogP) is 3.87. The molecule has 28 heavy (non-hydrogen) atoms. The van der Waals surface area contributed by atoms with Crippen molar-refractivity contribution in [2.75, 3.05) is 18.2 Å². The molecule has 1 aromatic heterocycles. The largest absolute Gasteiger partial charge is 0.465 e. The molecule has 0 unspecified atom stereocenters. The topological polar surface area (TPSA) is 94.3 Å². The van der Waals surface area contributed by atoms with E-state index in [2.05, 4.69) is 15.5 Å². The van der Waals surface area contributed by atoms with Crippen LogP contribution in [-0.4, -0.2) is 34.9 Å². The Kier molecular flexibility index (Phi) is 6.10. The maximum absolute atomic E-state index is 12.3. The molecule has 3 rings (SSSR count). The molecule has 0 atom stereocenters. The third-order valence-corrected chi connectivity index (χ3v) is 4.75. The van der Waals surface area contributed by atoms with Crippen LogP contribution in [0.2, 0.25) is 0 Å². The average molecular weight is 397 g/mol. The zero-order chi connectivity index (χ0) is 20.1. The Morgan fingerprint density at radius 2 is 1.96 bits per heavy atom. The lowest BCUT2D eigenvalue weighted by Crippen LogP contribution is -2.15. The fraction of sp³-hybridized carbons (Fsp3) is 0.200. The van der Waals surface area contributed by atoms with Gasteiger partial charge in [-0.25, -0.2) is 4.79 Å². The molecule has 0 saturated heterocycles. The van der Waals surface area contributed by atoms with E-state index in [1.165, 1.54) is 7.11 Å². The molecule has 0 aliphatic heterocycles. The highest BCUT2D eigenvalue weighted by molar-refractivity contribution is 7.99. The molecule has 8 heteroatoms. The van der Waals surface area contributed by atoms with E-state index in [-0.39, 0.29) is 11.7 Å².